The van der Waals surface area contributed by atoms with Crippen LogP contribution >= 0.6 is 11.6 Å². The predicted molar refractivity (Wildman–Crippen MR) is 86.2 cm³/mol. The Morgan fingerprint density at radius 3 is 2.50 bits per heavy atom. The Labute approximate surface area is 128 Å². The Morgan fingerprint density at radius 1 is 1.35 bits per heavy atom. The van der Waals surface area contributed by atoms with Crippen LogP contribution in [0.2, 0.25) is 5.02 Å². The molecule has 0 radical (unpaired) electrons. The Hall–Kier alpha value is -0.580. The predicted octanol–water partition coefficient (Wildman–Crippen LogP) is 3.04. The lowest BCUT2D eigenvalue weighted by molar-refractivity contribution is 0.286. The SMILES string of the molecule is CCNC(c1c(Cl)cnn1CCN(C)C)C(C)C(C)C. The Balaban J connectivity index is 3.02. The van der Waals surface area contributed by atoms with E-state index >= 15 is 0 Å². The van der Waals surface area contributed by atoms with Gasteiger partial charge >= 0.3 is 0 Å². The highest BCUT2D eigenvalue weighted by Crippen LogP contribution is 2.32. The quantitative estimate of drug-likeness (QED) is 0.801. The van der Waals surface area contributed by atoms with Crippen LogP contribution in [0.3, 0.4) is 0 Å². The molecule has 1 rings (SSSR count). The molecule has 116 valence electrons. The summed E-state index contributed by atoms with van der Waals surface area (Å²) in [5.41, 5.74) is 1.12. The van der Waals surface area contributed by atoms with Crippen LogP contribution in [0.5, 0.6) is 0 Å². The van der Waals surface area contributed by atoms with Crippen LogP contribution in [0, 0.1) is 11.8 Å². The Bertz CT molecular complexity index is 401. The lowest BCUT2D eigenvalue weighted by Crippen LogP contribution is -2.32. The summed E-state index contributed by atoms with van der Waals surface area (Å²) in [6.07, 6.45) is 1.77. The molecule has 1 aromatic rings. The van der Waals surface area contributed by atoms with Gasteiger partial charge in [-0.2, -0.15) is 5.10 Å². The van der Waals surface area contributed by atoms with E-state index in [2.05, 4.69) is 61.8 Å². The zero-order chi connectivity index (χ0) is 15.3. The maximum atomic E-state index is 6.40. The summed E-state index contributed by atoms with van der Waals surface area (Å²) < 4.78 is 2.05. The molecule has 0 amide bonds. The van der Waals surface area contributed by atoms with Crippen LogP contribution < -0.4 is 5.32 Å². The van der Waals surface area contributed by atoms with Gasteiger partial charge in [0.25, 0.3) is 0 Å². The maximum absolute atomic E-state index is 6.40. The monoisotopic (exact) mass is 300 g/mol. The molecule has 0 spiro atoms. The van der Waals surface area contributed by atoms with Crippen molar-refractivity contribution in [3.8, 4) is 0 Å². The lowest BCUT2D eigenvalue weighted by Gasteiger charge is -2.29. The smallest absolute Gasteiger partial charge is 0.0834 e. The van der Waals surface area contributed by atoms with Gasteiger partial charge in [0.2, 0.25) is 0 Å². The van der Waals surface area contributed by atoms with E-state index in [0.29, 0.717) is 11.8 Å². The van der Waals surface area contributed by atoms with E-state index in [1.54, 1.807) is 6.20 Å². The third-order valence-corrected chi connectivity index (χ3v) is 4.18. The van der Waals surface area contributed by atoms with Crippen LogP contribution in [0.4, 0.5) is 0 Å². The average Bonchev–Trinajstić information content (AvgIpc) is 2.74. The summed E-state index contributed by atoms with van der Waals surface area (Å²) in [4.78, 5) is 2.16. The van der Waals surface area contributed by atoms with Crippen molar-refractivity contribution in [1.29, 1.82) is 0 Å². The van der Waals surface area contributed by atoms with Gasteiger partial charge in [-0.25, -0.2) is 0 Å². The molecule has 0 saturated carbocycles. The number of hydrogen-bond acceptors (Lipinski definition) is 3. The van der Waals surface area contributed by atoms with Gasteiger partial charge in [0, 0.05) is 6.54 Å². The minimum atomic E-state index is 0.247. The fourth-order valence-corrected chi connectivity index (χ4v) is 2.55. The third kappa shape index (κ3) is 4.47. The molecule has 0 aliphatic heterocycles. The lowest BCUT2D eigenvalue weighted by atomic mass is 9.88. The zero-order valence-electron chi connectivity index (χ0n) is 13.7. The second kappa shape index (κ2) is 8.01. The minimum Gasteiger partial charge on any atom is -0.309 e. The van der Waals surface area contributed by atoms with E-state index in [0.717, 1.165) is 30.4 Å². The first-order valence-corrected chi connectivity index (χ1v) is 7.85. The van der Waals surface area contributed by atoms with Crippen molar-refractivity contribution in [2.24, 2.45) is 11.8 Å². The standard InChI is InChI=1S/C15H29ClN4/c1-7-17-14(12(4)11(2)3)15-13(16)10-18-20(15)9-8-19(5)6/h10-12,14,17H,7-9H2,1-6H3. The number of aromatic nitrogens is 2. The summed E-state index contributed by atoms with van der Waals surface area (Å²) in [5, 5.41) is 8.79. The molecule has 0 aromatic carbocycles. The van der Waals surface area contributed by atoms with Crippen LogP contribution in [0.25, 0.3) is 0 Å². The topological polar surface area (TPSA) is 33.1 Å². The van der Waals surface area contributed by atoms with E-state index in [1.165, 1.54) is 0 Å². The van der Waals surface area contributed by atoms with Gasteiger partial charge in [-0.3, -0.25) is 4.68 Å². The molecule has 1 N–H and O–H groups in total. The van der Waals surface area contributed by atoms with Crippen LogP contribution in [-0.4, -0.2) is 41.9 Å². The second-order valence-electron chi connectivity index (χ2n) is 6.04. The molecule has 0 aliphatic rings. The molecule has 20 heavy (non-hydrogen) atoms. The highest BCUT2D eigenvalue weighted by molar-refractivity contribution is 6.31. The summed E-state index contributed by atoms with van der Waals surface area (Å²) in [7, 11) is 4.15. The van der Waals surface area contributed by atoms with Gasteiger partial charge in [0.05, 0.1) is 29.5 Å². The molecule has 0 fully saturated rings. The first-order chi connectivity index (χ1) is 9.38. The van der Waals surface area contributed by atoms with E-state index in [1.807, 2.05) is 0 Å². The molecule has 0 aliphatic carbocycles. The van der Waals surface area contributed by atoms with Crippen LogP contribution in [-0.2, 0) is 6.54 Å². The van der Waals surface area contributed by atoms with Gasteiger partial charge < -0.3 is 10.2 Å². The molecule has 2 atom stereocenters. The fraction of sp³-hybridized carbons (Fsp3) is 0.800. The molecule has 1 heterocycles. The Morgan fingerprint density at radius 2 is 2.00 bits per heavy atom. The number of halogens is 1. The van der Waals surface area contributed by atoms with Crippen molar-refractivity contribution in [1.82, 2.24) is 20.0 Å². The van der Waals surface area contributed by atoms with Gasteiger partial charge in [0.15, 0.2) is 0 Å². The first kappa shape index (κ1) is 17.5. The van der Waals surface area contributed by atoms with Gasteiger partial charge in [0.1, 0.15) is 0 Å². The highest BCUT2D eigenvalue weighted by Gasteiger charge is 2.26. The van der Waals surface area contributed by atoms with Gasteiger partial charge in [-0.15, -0.1) is 0 Å². The van der Waals surface area contributed by atoms with E-state index in [9.17, 15) is 0 Å². The summed E-state index contributed by atoms with van der Waals surface area (Å²) >= 11 is 6.40. The molecule has 0 saturated heterocycles. The molecule has 0 bridgehead atoms. The number of hydrogen-bond donors (Lipinski definition) is 1. The van der Waals surface area contributed by atoms with Crippen molar-refractivity contribution in [2.45, 2.75) is 40.3 Å². The Kier molecular flexibility index (Phi) is 7.00. The van der Waals surface area contributed by atoms with E-state index in [-0.39, 0.29) is 6.04 Å². The van der Waals surface area contributed by atoms with Crippen molar-refractivity contribution < 1.29 is 0 Å². The average molecular weight is 301 g/mol. The molecule has 4 nitrogen and oxygen atoms in total. The number of nitrogens with zero attached hydrogens (tertiary/aromatic N) is 3. The van der Waals surface area contributed by atoms with Crippen LogP contribution in [0.15, 0.2) is 6.20 Å². The molecule has 5 heteroatoms. The second-order valence-corrected chi connectivity index (χ2v) is 6.45. The summed E-state index contributed by atoms with van der Waals surface area (Å²) in [6, 6.07) is 0.247. The van der Waals surface area contributed by atoms with Crippen molar-refractivity contribution in [3.05, 3.63) is 16.9 Å². The highest BCUT2D eigenvalue weighted by atomic mass is 35.5. The normalized spacial score (nSPS) is 15.1. The van der Waals surface area contributed by atoms with E-state index in [4.69, 9.17) is 11.6 Å². The van der Waals surface area contributed by atoms with Crippen molar-refractivity contribution in [3.63, 3.8) is 0 Å². The molecule has 2 unspecified atom stereocenters. The van der Waals surface area contributed by atoms with Crippen molar-refractivity contribution >= 4 is 11.6 Å². The summed E-state index contributed by atoms with van der Waals surface area (Å²) in [5.74, 6) is 1.09. The van der Waals surface area contributed by atoms with Gasteiger partial charge in [-0.05, 0) is 32.5 Å². The third-order valence-electron chi connectivity index (χ3n) is 3.89. The zero-order valence-corrected chi connectivity index (χ0v) is 14.4. The summed E-state index contributed by atoms with van der Waals surface area (Å²) in [6.45, 7) is 11.7. The van der Waals surface area contributed by atoms with Crippen LogP contribution in [0.1, 0.15) is 39.4 Å². The number of nitrogens with one attached hydrogen (secondary N) is 1. The maximum Gasteiger partial charge on any atom is 0.0834 e. The molecule has 1 aromatic heterocycles. The van der Waals surface area contributed by atoms with Crippen molar-refractivity contribution in [2.75, 3.05) is 27.2 Å². The largest absolute Gasteiger partial charge is 0.309 e. The van der Waals surface area contributed by atoms with Gasteiger partial charge in [-0.1, -0.05) is 39.3 Å². The molecular formula is C15H29ClN4. The number of rotatable bonds is 8. The van der Waals surface area contributed by atoms with E-state index < -0.39 is 0 Å². The fourth-order valence-electron chi connectivity index (χ4n) is 2.29. The minimum absolute atomic E-state index is 0.247. The molecular weight excluding hydrogens is 272 g/mol. The first-order valence-electron chi connectivity index (χ1n) is 7.47. The number of likely N-dealkylation sites (N-methyl/N-ethyl adjacent to an activating group) is 1.